The summed E-state index contributed by atoms with van der Waals surface area (Å²) in [5, 5.41) is 23.0. The van der Waals surface area contributed by atoms with Gasteiger partial charge in [-0.25, -0.2) is 4.99 Å². The lowest BCUT2D eigenvalue weighted by molar-refractivity contribution is -0.403. The lowest BCUT2D eigenvalue weighted by Crippen LogP contribution is -2.70. The van der Waals surface area contributed by atoms with Crippen LogP contribution in [0.25, 0.3) is 22.3 Å². The molecule has 0 amide bonds. The van der Waals surface area contributed by atoms with Crippen molar-refractivity contribution in [1.29, 1.82) is 0 Å². The SMILES string of the molecule is F[B-](F)(F)F.O=[N+]([O-])c1ccc([NH+]=c2cc(-c3ccccc3)oc3ccc(Cl)cc23)c(O)c1. The number of aromatic hydroxyl groups is 1. The van der Waals surface area contributed by atoms with Crippen LogP contribution in [0.3, 0.4) is 0 Å². The monoisotopic (exact) mass is 480 g/mol. The van der Waals surface area contributed by atoms with E-state index in [4.69, 9.17) is 16.0 Å². The molecule has 0 saturated carbocycles. The normalized spacial score (nSPS) is 11.7. The second-order valence-electron chi connectivity index (χ2n) is 6.61. The molecular formula is C21H14BClF4N2O4. The number of benzene rings is 3. The zero-order valence-electron chi connectivity index (χ0n) is 16.5. The van der Waals surface area contributed by atoms with Gasteiger partial charge in [-0.05, 0) is 18.2 Å². The quantitative estimate of drug-likeness (QED) is 0.142. The van der Waals surface area contributed by atoms with E-state index < -0.39 is 12.2 Å². The number of halogens is 5. The zero-order valence-corrected chi connectivity index (χ0v) is 17.3. The molecule has 3 aromatic carbocycles. The van der Waals surface area contributed by atoms with Gasteiger partial charge in [-0.3, -0.25) is 10.1 Å². The van der Waals surface area contributed by atoms with Gasteiger partial charge in [-0.15, -0.1) is 0 Å². The molecule has 0 spiro atoms. The molecule has 0 saturated heterocycles. The van der Waals surface area contributed by atoms with E-state index in [0.717, 1.165) is 11.6 Å². The predicted molar refractivity (Wildman–Crippen MR) is 115 cm³/mol. The van der Waals surface area contributed by atoms with Crippen LogP contribution in [-0.2, 0) is 0 Å². The minimum atomic E-state index is -6.00. The zero-order chi connectivity index (χ0) is 24.2. The molecular weight excluding hydrogens is 466 g/mol. The molecule has 0 bridgehead atoms. The van der Waals surface area contributed by atoms with E-state index in [1.165, 1.54) is 12.1 Å². The molecule has 2 N–H and O–H groups in total. The fraction of sp³-hybridized carbons (Fsp3) is 0. The molecule has 0 aliphatic heterocycles. The van der Waals surface area contributed by atoms with Crippen molar-refractivity contribution in [2.45, 2.75) is 0 Å². The number of rotatable bonds is 3. The second-order valence-corrected chi connectivity index (χ2v) is 7.05. The molecule has 1 aromatic heterocycles. The number of hydrogen-bond donors (Lipinski definition) is 2. The predicted octanol–water partition coefficient (Wildman–Crippen LogP) is 4.98. The first-order valence-corrected chi connectivity index (χ1v) is 9.62. The highest BCUT2D eigenvalue weighted by Crippen LogP contribution is 2.25. The Morgan fingerprint density at radius 3 is 2.24 bits per heavy atom. The maximum Gasteiger partial charge on any atom is 0.673 e. The minimum absolute atomic E-state index is 0.191. The molecule has 0 aliphatic carbocycles. The summed E-state index contributed by atoms with van der Waals surface area (Å²) in [4.78, 5) is 13.4. The van der Waals surface area contributed by atoms with Gasteiger partial charge in [0.2, 0.25) is 11.0 Å². The number of phenolic OH excluding ortho intramolecular Hbond substituents is 1. The molecule has 33 heavy (non-hydrogen) atoms. The van der Waals surface area contributed by atoms with Gasteiger partial charge >= 0.3 is 7.25 Å². The topological polar surface area (TPSA) is 90.5 Å². The fourth-order valence-corrected chi connectivity index (χ4v) is 3.06. The summed E-state index contributed by atoms with van der Waals surface area (Å²) in [6.45, 7) is 0. The van der Waals surface area contributed by atoms with Crippen LogP contribution >= 0.6 is 11.6 Å². The molecule has 170 valence electrons. The molecule has 0 aliphatic rings. The molecule has 0 radical (unpaired) electrons. The van der Waals surface area contributed by atoms with Crippen LogP contribution in [0, 0.1) is 10.1 Å². The molecule has 0 fully saturated rings. The summed E-state index contributed by atoms with van der Waals surface area (Å²) >= 11 is 6.14. The van der Waals surface area contributed by atoms with Crippen LogP contribution in [-0.4, -0.2) is 17.3 Å². The number of hydrogen-bond acceptors (Lipinski definition) is 4. The van der Waals surface area contributed by atoms with Gasteiger partial charge in [0.05, 0.1) is 22.4 Å². The van der Waals surface area contributed by atoms with Crippen molar-refractivity contribution in [3.63, 3.8) is 0 Å². The molecule has 0 unspecified atom stereocenters. The molecule has 0 atom stereocenters. The number of nitro benzene ring substituents is 1. The first kappa shape index (κ1) is 23.8. The van der Waals surface area contributed by atoms with Crippen LogP contribution in [0.2, 0.25) is 5.02 Å². The van der Waals surface area contributed by atoms with E-state index in [-0.39, 0.29) is 11.4 Å². The number of nitro groups is 1. The van der Waals surface area contributed by atoms with Gasteiger partial charge < -0.3 is 26.8 Å². The summed E-state index contributed by atoms with van der Waals surface area (Å²) in [7, 11) is -6.00. The summed E-state index contributed by atoms with van der Waals surface area (Å²) in [6.07, 6.45) is 0. The van der Waals surface area contributed by atoms with E-state index in [0.29, 0.717) is 32.8 Å². The molecule has 12 heteroatoms. The Kier molecular flexibility index (Phi) is 7.02. The average molecular weight is 481 g/mol. The van der Waals surface area contributed by atoms with E-state index in [2.05, 4.69) is 4.99 Å². The third kappa shape index (κ3) is 6.56. The molecule has 4 aromatic rings. The molecule has 1 heterocycles. The fourth-order valence-electron chi connectivity index (χ4n) is 2.89. The lowest BCUT2D eigenvalue weighted by Gasteiger charge is -2.03. The van der Waals surface area contributed by atoms with Gasteiger partial charge in [0.1, 0.15) is 11.3 Å². The highest BCUT2D eigenvalue weighted by molar-refractivity contribution is 6.50. The van der Waals surface area contributed by atoms with Crippen molar-refractivity contribution in [2.75, 3.05) is 0 Å². The van der Waals surface area contributed by atoms with E-state index in [1.807, 2.05) is 30.3 Å². The number of phenols is 1. The summed E-state index contributed by atoms with van der Waals surface area (Å²) in [5.41, 5.74) is 1.63. The minimum Gasteiger partial charge on any atom is -0.502 e. The first-order chi connectivity index (χ1) is 15.5. The van der Waals surface area contributed by atoms with Crippen molar-refractivity contribution in [1.82, 2.24) is 0 Å². The Hall–Kier alpha value is -3.86. The van der Waals surface area contributed by atoms with Gasteiger partial charge in [0.25, 0.3) is 5.69 Å². The van der Waals surface area contributed by atoms with Crippen molar-refractivity contribution in [2.24, 2.45) is 0 Å². The third-order valence-electron chi connectivity index (χ3n) is 4.25. The summed E-state index contributed by atoms with van der Waals surface area (Å²) in [5.74, 6) is 0.394. The summed E-state index contributed by atoms with van der Waals surface area (Å²) < 4.78 is 45.0. The van der Waals surface area contributed by atoms with Crippen molar-refractivity contribution in [3.05, 3.63) is 93.3 Å². The smallest absolute Gasteiger partial charge is 0.502 e. The highest BCUT2D eigenvalue weighted by atomic mass is 35.5. The van der Waals surface area contributed by atoms with E-state index >= 15 is 0 Å². The van der Waals surface area contributed by atoms with Crippen molar-refractivity contribution >= 4 is 41.2 Å². The Morgan fingerprint density at radius 2 is 1.64 bits per heavy atom. The van der Waals surface area contributed by atoms with Crippen LogP contribution < -0.4 is 10.3 Å². The second kappa shape index (κ2) is 9.74. The largest absolute Gasteiger partial charge is 0.673 e. The van der Waals surface area contributed by atoms with Crippen LogP contribution in [0.15, 0.2) is 77.2 Å². The van der Waals surface area contributed by atoms with Crippen molar-refractivity contribution in [3.8, 4) is 17.1 Å². The third-order valence-corrected chi connectivity index (χ3v) is 4.48. The Labute approximate surface area is 188 Å². The van der Waals surface area contributed by atoms with Gasteiger partial charge in [-0.1, -0.05) is 41.9 Å². The van der Waals surface area contributed by atoms with Crippen molar-refractivity contribution < 1.29 is 36.7 Å². The van der Waals surface area contributed by atoms with Gasteiger partial charge in [0, 0.05) is 22.7 Å². The Morgan fingerprint density at radius 1 is 0.970 bits per heavy atom. The van der Waals surface area contributed by atoms with E-state index in [1.54, 1.807) is 24.3 Å². The van der Waals surface area contributed by atoms with Gasteiger partial charge in [0.15, 0.2) is 5.75 Å². The molecule has 4 rings (SSSR count). The first-order valence-electron chi connectivity index (χ1n) is 9.25. The van der Waals surface area contributed by atoms with Crippen LogP contribution in [0.4, 0.5) is 28.6 Å². The summed E-state index contributed by atoms with van der Waals surface area (Å²) in [6, 6.07) is 20.5. The number of non-ortho nitro benzene ring substituents is 1. The molecule has 6 nitrogen and oxygen atoms in total. The maximum atomic E-state index is 10.9. The lowest BCUT2D eigenvalue weighted by atomic mass is 10.1. The van der Waals surface area contributed by atoms with Crippen LogP contribution in [0.5, 0.6) is 5.75 Å². The number of nitrogens with zero attached hydrogens (tertiary/aromatic N) is 1. The number of fused-ring (bicyclic) bond motifs is 1. The Bertz CT molecular complexity index is 1370. The highest BCUT2D eigenvalue weighted by Gasteiger charge is 2.20. The standard InChI is InChI=1S/C21H13ClN2O4.BF4/c22-14-6-9-20-16(10-14)18(12-21(28-20)13-4-2-1-3-5-13)23-17-8-7-15(24(26)27)11-19(17)25;2-1(3,4)5/h1-12,25H;/q;-1/p+1. The maximum absolute atomic E-state index is 10.9. The Balaban J connectivity index is 0.000000555. The van der Waals surface area contributed by atoms with Crippen LogP contribution in [0.1, 0.15) is 0 Å². The number of nitrogens with one attached hydrogen (secondary N) is 1. The van der Waals surface area contributed by atoms with E-state index in [9.17, 15) is 32.5 Å². The van der Waals surface area contributed by atoms with Gasteiger partial charge in [-0.2, -0.15) is 0 Å². The average Bonchev–Trinajstić information content (AvgIpc) is 2.74.